The quantitative estimate of drug-likeness (QED) is 0.757. The Kier molecular flexibility index (Phi) is 2.32. The molecule has 3 heteroatoms. The lowest BCUT2D eigenvalue weighted by molar-refractivity contribution is 0.865. The van der Waals surface area contributed by atoms with Gasteiger partial charge in [-0.1, -0.05) is 12.1 Å². The van der Waals surface area contributed by atoms with Gasteiger partial charge in [-0.3, -0.25) is 4.79 Å². The normalized spacial score (nSPS) is 10.9. The average Bonchev–Trinajstić information content (AvgIpc) is 2.25. The zero-order valence-corrected chi connectivity index (χ0v) is 8.95. The molecule has 0 radical (unpaired) electrons. The van der Waals surface area contributed by atoms with Gasteiger partial charge in [-0.2, -0.15) is 0 Å². The monoisotopic (exact) mass is 202 g/mol. The molecule has 2 aromatic rings. The maximum absolute atomic E-state index is 11.9. The Morgan fingerprint density at radius 1 is 1.33 bits per heavy atom. The Morgan fingerprint density at radius 2 is 2.07 bits per heavy atom. The van der Waals surface area contributed by atoms with Crippen molar-refractivity contribution in [3.05, 3.63) is 45.9 Å². The molecule has 0 spiro atoms. The molecule has 0 saturated carbocycles. The maximum atomic E-state index is 11.9. The van der Waals surface area contributed by atoms with E-state index in [-0.39, 0.29) is 5.56 Å². The van der Waals surface area contributed by atoms with E-state index in [9.17, 15) is 4.79 Å². The molecule has 0 amide bonds. The van der Waals surface area contributed by atoms with E-state index in [0.717, 1.165) is 21.9 Å². The minimum absolute atomic E-state index is 0.0332. The number of aryl methyl sites for hydroxylation is 2. The van der Waals surface area contributed by atoms with Gasteiger partial charge < -0.3 is 10.3 Å². The third-order valence-electron chi connectivity index (χ3n) is 2.68. The van der Waals surface area contributed by atoms with E-state index in [1.807, 2.05) is 31.3 Å². The molecular weight excluding hydrogens is 188 g/mol. The second kappa shape index (κ2) is 3.51. The summed E-state index contributed by atoms with van der Waals surface area (Å²) in [6.45, 7) is 2.47. The standard InChI is InChI=1S/C12H14N2O/c1-8-7-14(2)12(15)11-5-9(6-13)3-4-10(8)11/h3-5,7H,6,13H2,1-2H3. The summed E-state index contributed by atoms with van der Waals surface area (Å²) in [5.41, 5.74) is 7.69. The van der Waals surface area contributed by atoms with Crippen molar-refractivity contribution in [2.45, 2.75) is 13.5 Å². The molecule has 0 aliphatic rings. The van der Waals surface area contributed by atoms with E-state index in [4.69, 9.17) is 5.73 Å². The minimum atomic E-state index is 0.0332. The van der Waals surface area contributed by atoms with Gasteiger partial charge in [0.1, 0.15) is 0 Å². The number of hydrogen-bond acceptors (Lipinski definition) is 2. The lowest BCUT2D eigenvalue weighted by Gasteiger charge is -2.06. The third-order valence-corrected chi connectivity index (χ3v) is 2.68. The number of hydrogen-bond donors (Lipinski definition) is 1. The molecule has 15 heavy (non-hydrogen) atoms. The molecule has 2 rings (SSSR count). The van der Waals surface area contributed by atoms with Crippen LogP contribution in [0.15, 0.2) is 29.2 Å². The summed E-state index contributed by atoms with van der Waals surface area (Å²) in [6, 6.07) is 5.81. The number of pyridine rings is 1. The Hall–Kier alpha value is -1.61. The van der Waals surface area contributed by atoms with Crippen LogP contribution in [0.5, 0.6) is 0 Å². The van der Waals surface area contributed by atoms with Gasteiger partial charge in [-0.05, 0) is 29.5 Å². The molecule has 0 bridgehead atoms. The van der Waals surface area contributed by atoms with Crippen molar-refractivity contribution in [3.8, 4) is 0 Å². The predicted molar refractivity (Wildman–Crippen MR) is 61.8 cm³/mol. The van der Waals surface area contributed by atoms with Crippen LogP contribution in [-0.2, 0) is 13.6 Å². The van der Waals surface area contributed by atoms with E-state index in [2.05, 4.69) is 0 Å². The summed E-state index contributed by atoms with van der Waals surface area (Å²) >= 11 is 0. The molecule has 1 heterocycles. The molecule has 78 valence electrons. The summed E-state index contributed by atoms with van der Waals surface area (Å²) in [7, 11) is 1.77. The highest BCUT2D eigenvalue weighted by molar-refractivity contribution is 5.85. The van der Waals surface area contributed by atoms with Crippen LogP contribution in [0.1, 0.15) is 11.1 Å². The van der Waals surface area contributed by atoms with Gasteiger partial charge in [-0.15, -0.1) is 0 Å². The number of nitrogens with two attached hydrogens (primary N) is 1. The van der Waals surface area contributed by atoms with Gasteiger partial charge in [0.2, 0.25) is 0 Å². The fourth-order valence-electron chi connectivity index (χ4n) is 1.85. The van der Waals surface area contributed by atoms with Crippen molar-refractivity contribution in [2.24, 2.45) is 12.8 Å². The fourth-order valence-corrected chi connectivity index (χ4v) is 1.85. The second-order valence-corrected chi connectivity index (χ2v) is 3.81. The van der Waals surface area contributed by atoms with Gasteiger partial charge in [0, 0.05) is 25.2 Å². The first kappa shape index (κ1) is 9.93. The number of rotatable bonds is 1. The molecule has 0 fully saturated rings. The molecule has 1 aromatic heterocycles. The smallest absolute Gasteiger partial charge is 0.258 e. The van der Waals surface area contributed by atoms with E-state index >= 15 is 0 Å². The lowest BCUT2D eigenvalue weighted by Crippen LogP contribution is -2.17. The van der Waals surface area contributed by atoms with Gasteiger partial charge in [0.05, 0.1) is 0 Å². The molecule has 0 saturated heterocycles. The Balaban J connectivity index is 2.91. The zero-order valence-electron chi connectivity index (χ0n) is 8.95. The van der Waals surface area contributed by atoms with Crippen LogP contribution >= 0.6 is 0 Å². The number of benzene rings is 1. The summed E-state index contributed by atoms with van der Waals surface area (Å²) < 4.78 is 1.61. The van der Waals surface area contributed by atoms with Crippen molar-refractivity contribution < 1.29 is 0 Å². The van der Waals surface area contributed by atoms with E-state index in [1.54, 1.807) is 11.6 Å². The molecule has 0 atom stereocenters. The van der Waals surface area contributed by atoms with Gasteiger partial charge >= 0.3 is 0 Å². The van der Waals surface area contributed by atoms with Gasteiger partial charge in [0.25, 0.3) is 5.56 Å². The van der Waals surface area contributed by atoms with Crippen LogP contribution < -0.4 is 11.3 Å². The number of fused-ring (bicyclic) bond motifs is 1. The molecule has 0 aliphatic carbocycles. The second-order valence-electron chi connectivity index (χ2n) is 3.81. The Bertz CT molecular complexity index is 570. The van der Waals surface area contributed by atoms with Crippen molar-refractivity contribution in [1.29, 1.82) is 0 Å². The topological polar surface area (TPSA) is 48.0 Å². The van der Waals surface area contributed by atoms with E-state index in [0.29, 0.717) is 6.54 Å². The first-order valence-electron chi connectivity index (χ1n) is 4.92. The van der Waals surface area contributed by atoms with Crippen LogP contribution in [-0.4, -0.2) is 4.57 Å². The third kappa shape index (κ3) is 1.55. The van der Waals surface area contributed by atoms with Crippen molar-refractivity contribution in [2.75, 3.05) is 0 Å². The molecular formula is C12H14N2O. The summed E-state index contributed by atoms with van der Waals surface area (Å²) in [6.07, 6.45) is 1.85. The van der Waals surface area contributed by atoms with Crippen molar-refractivity contribution in [3.63, 3.8) is 0 Å². The molecule has 1 aromatic carbocycles. The van der Waals surface area contributed by atoms with Crippen LogP contribution in [0, 0.1) is 6.92 Å². The van der Waals surface area contributed by atoms with Gasteiger partial charge in [-0.25, -0.2) is 0 Å². The van der Waals surface area contributed by atoms with Crippen LogP contribution in [0.4, 0.5) is 0 Å². The molecule has 3 nitrogen and oxygen atoms in total. The zero-order chi connectivity index (χ0) is 11.0. The highest BCUT2D eigenvalue weighted by atomic mass is 16.1. The first-order chi connectivity index (χ1) is 7.13. The highest BCUT2D eigenvalue weighted by Crippen LogP contribution is 2.15. The van der Waals surface area contributed by atoms with Crippen molar-refractivity contribution in [1.82, 2.24) is 4.57 Å². The first-order valence-corrected chi connectivity index (χ1v) is 4.92. The maximum Gasteiger partial charge on any atom is 0.258 e. The molecule has 0 unspecified atom stereocenters. The minimum Gasteiger partial charge on any atom is -0.326 e. The van der Waals surface area contributed by atoms with Crippen LogP contribution in [0.25, 0.3) is 10.8 Å². The van der Waals surface area contributed by atoms with E-state index < -0.39 is 0 Å². The summed E-state index contributed by atoms with van der Waals surface area (Å²) in [5.74, 6) is 0. The fraction of sp³-hybridized carbons (Fsp3) is 0.250. The number of aromatic nitrogens is 1. The largest absolute Gasteiger partial charge is 0.326 e. The highest BCUT2D eigenvalue weighted by Gasteiger charge is 2.04. The lowest BCUT2D eigenvalue weighted by atomic mass is 10.1. The van der Waals surface area contributed by atoms with Gasteiger partial charge in [0.15, 0.2) is 0 Å². The van der Waals surface area contributed by atoms with Crippen LogP contribution in [0.3, 0.4) is 0 Å². The predicted octanol–water partition coefficient (Wildman–Crippen LogP) is 1.31. The summed E-state index contributed by atoms with van der Waals surface area (Å²) in [4.78, 5) is 11.9. The average molecular weight is 202 g/mol. The Morgan fingerprint density at radius 3 is 2.73 bits per heavy atom. The van der Waals surface area contributed by atoms with Crippen LogP contribution in [0.2, 0.25) is 0 Å². The SMILES string of the molecule is Cc1cn(C)c(=O)c2cc(CN)ccc12. The number of nitrogens with zero attached hydrogens (tertiary/aromatic N) is 1. The summed E-state index contributed by atoms with van der Waals surface area (Å²) in [5, 5.41) is 1.76. The van der Waals surface area contributed by atoms with Crippen molar-refractivity contribution >= 4 is 10.8 Å². The Labute approximate surface area is 88.1 Å². The molecule has 2 N–H and O–H groups in total. The van der Waals surface area contributed by atoms with E-state index in [1.165, 1.54) is 0 Å². The molecule has 0 aliphatic heterocycles.